The number of piperidine rings is 1. The smallest absolute Gasteiger partial charge is 0.244 e. The van der Waals surface area contributed by atoms with Crippen molar-refractivity contribution >= 4 is 21.6 Å². The Morgan fingerprint density at radius 2 is 2.07 bits per heavy atom. The van der Waals surface area contributed by atoms with E-state index in [1.165, 1.54) is 23.7 Å². The predicted octanol–water partition coefficient (Wildman–Crippen LogP) is 4.14. The van der Waals surface area contributed by atoms with Crippen molar-refractivity contribution in [2.75, 3.05) is 20.2 Å². The van der Waals surface area contributed by atoms with Gasteiger partial charge in [-0.15, -0.1) is 0 Å². The average molecular weight is 431 g/mol. The molecule has 1 aliphatic heterocycles. The minimum Gasteiger partial charge on any atom is -0.481 e. The quantitative estimate of drug-likeness (QED) is 0.686. The molecule has 1 aromatic heterocycles. The van der Waals surface area contributed by atoms with Crippen LogP contribution in [0.3, 0.4) is 0 Å². The van der Waals surface area contributed by atoms with Gasteiger partial charge in [-0.25, -0.2) is 13.4 Å². The summed E-state index contributed by atoms with van der Waals surface area (Å²) >= 11 is 5.99. The van der Waals surface area contributed by atoms with E-state index in [0.717, 1.165) is 11.1 Å². The normalized spacial score (nSPS) is 18.1. The second-order valence-electron chi connectivity index (χ2n) is 7.46. The SMILES string of the molecule is COc1ccc(S(=O)(=O)N2CC/C(=C\C#Cc3cccc(Cl)c3)C(C)(C)C2)cn1. The molecule has 2 aromatic rings. The van der Waals surface area contributed by atoms with Gasteiger partial charge >= 0.3 is 0 Å². The highest BCUT2D eigenvalue weighted by Crippen LogP contribution is 2.36. The fraction of sp³-hybridized carbons (Fsp3) is 0.318. The summed E-state index contributed by atoms with van der Waals surface area (Å²) in [7, 11) is -2.12. The number of pyridine rings is 1. The van der Waals surface area contributed by atoms with Crippen LogP contribution in [0.25, 0.3) is 0 Å². The first-order valence-electron chi connectivity index (χ1n) is 9.19. The van der Waals surface area contributed by atoms with Gasteiger partial charge in [0.2, 0.25) is 15.9 Å². The summed E-state index contributed by atoms with van der Waals surface area (Å²) < 4.78 is 32.5. The highest BCUT2D eigenvalue weighted by Gasteiger charge is 2.37. The fourth-order valence-corrected chi connectivity index (χ4v) is 4.98. The standard InChI is InChI=1S/C22H23ClN2O3S/c1-22(2)16-25(29(26,27)20-10-11-21(28-3)24-15-20)13-12-18(22)8-4-6-17-7-5-9-19(23)14-17/h5,7-11,14-15H,12-13,16H2,1-3H3/b18-8+. The van der Waals surface area contributed by atoms with Crippen LogP contribution in [0.2, 0.25) is 5.02 Å². The summed E-state index contributed by atoms with van der Waals surface area (Å²) in [6.45, 7) is 4.86. The third-order valence-electron chi connectivity index (χ3n) is 4.92. The first-order chi connectivity index (χ1) is 13.7. The summed E-state index contributed by atoms with van der Waals surface area (Å²) in [5.74, 6) is 6.56. The zero-order valence-corrected chi connectivity index (χ0v) is 18.2. The van der Waals surface area contributed by atoms with Gasteiger partial charge in [0.05, 0.1) is 13.3 Å². The number of benzene rings is 1. The molecule has 0 saturated carbocycles. The maximum Gasteiger partial charge on any atom is 0.244 e. The van der Waals surface area contributed by atoms with Crippen LogP contribution in [0.4, 0.5) is 0 Å². The van der Waals surface area contributed by atoms with Crippen LogP contribution >= 0.6 is 11.6 Å². The van der Waals surface area contributed by atoms with E-state index in [0.29, 0.717) is 30.4 Å². The summed E-state index contributed by atoms with van der Waals surface area (Å²) in [6, 6.07) is 10.5. The fourth-order valence-electron chi connectivity index (χ4n) is 3.24. The van der Waals surface area contributed by atoms with Crippen molar-refractivity contribution in [2.45, 2.75) is 25.2 Å². The van der Waals surface area contributed by atoms with Crippen molar-refractivity contribution in [3.63, 3.8) is 0 Å². The van der Waals surface area contributed by atoms with Crippen LogP contribution in [0.15, 0.2) is 59.1 Å². The lowest BCUT2D eigenvalue weighted by atomic mass is 9.79. The van der Waals surface area contributed by atoms with Gasteiger partial charge in [0.1, 0.15) is 4.90 Å². The molecule has 0 amide bonds. The molecule has 152 valence electrons. The third kappa shape index (κ3) is 4.99. The van der Waals surface area contributed by atoms with Gasteiger partial charge in [0, 0.05) is 35.2 Å². The van der Waals surface area contributed by atoms with Crippen molar-refractivity contribution in [1.29, 1.82) is 0 Å². The van der Waals surface area contributed by atoms with E-state index in [1.54, 1.807) is 6.07 Å². The number of aromatic nitrogens is 1. The van der Waals surface area contributed by atoms with Gasteiger partial charge in [0.25, 0.3) is 0 Å². The Labute approximate surface area is 177 Å². The van der Waals surface area contributed by atoms with E-state index in [4.69, 9.17) is 16.3 Å². The molecule has 0 spiro atoms. The minimum absolute atomic E-state index is 0.169. The Morgan fingerprint density at radius 3 is 2.69 bits per heavy atom. The second-order valence-corrected chi connectivity index (χ2v) is 9.83. The lowest BCUT2D eigenvalue weighted by molar-refractivity contribution is 0.253. The summed E-state index contributed by atoms with van der Waals surface area (Å²) in [5.41, 5.74) is 1.65. The number of halogens is 1. The molecule has 1 saturated heterocycles. The maximum absolute atomic E-state index is 13.0. The molecular formula is C22H23ClN2O3S. The van der Waals surface area contributed by atoms with Crippen LogP contribution in [0, 0.1) is 17.3 Å². The molecule has 0 radical (unpaired) electrons. The number of methoxy groups -OCH3 is 1. The zero-order valence-electron chi connectivity index (χ0n) is 16.6. The topological polar surface area (TPSA) is 59.5 Å². The Kier molecular flexibility index (Phi) is 6.33. The number of ether oxygens (including phenoxy) is 1. The van der Waals surface area contributed by atoms with E-state index >= 15 is 0 Å². The van der Waals surface area contributed by atoms with E-state index in [-0.39, 0.29) is 10.3 Å². The monoisotopic (exact) mass is 430 g/mol. The van der Waals surface area contributed by atoms with E-state index < -0.39 is 10.0 Å². The maximum atomic E-state index is 13.0. The van der Waals surface area contributed by atoms with E-state index in [2.05, 4.69) is 16.8 Å². The number of hydrogen-bond acceptors (Lipinski definition) is 4. The second kappa shape index (κ2) is 8.58. The van der Waals surface area contributed by atoms with Gasteiger partial charge < -0.3 is 4.74 Å². The molecule has 0 N–H and O–H groups in total. The molecular weight excluding hydrogens is 408 g/mol. The number of rotatable bonds is 3. The van der Waals surface area contributed by atoms with Crippen molar-refractivity contribution in [2.24, 2.45) is 5.41 Å². The van der Waals surface area contributed by atoms with Gasteiger partial charge in [-0.2, -0.15) is 4.31 Å². The van der Waals surface area contributed by atoms with E-state index in [1.807, 2.05) is 44.2 Å². The van der Waals surface area contributed by atoms with Crippen LogP contribution in [-0.4, -0.2) is 37.9 Å². The van der Waals surface area contributed by atoms with Crippen LogP contribution in [0.1, 0.15) is 25.8 Å². The average Bonchev–Trinajstić information content (AvgIpc) is 2.69. The highest BCUT2D eigenvalue weighted by atomic mass is 35.5. The van der Waals surface area contributed by atoms with Gasteiger partial charge in [-0.1, -0.05) is 48.9 Å². The highest BCUT2D eigenvalue weighted by molar-refractivity contribution is 7.89. The molecule has 0 unspecified atom stereocenters. The number of nitrogens with zero attached hydrogens (tertiary/aromatic N) is 2. The minimum atomic E-state index is -3.61. The predicted molar refractivity (Wildman–Crippen MR) is 114 cm³/mol. The van der Waals surface area contributed by atoms with Crippen LogP contribution in [-0.2, 0) is 10.0 Å². The Bertz CT molecular complexity index is 1080. The lowest BCUT2D eigenvalue weighted by Crippen LogP contribution is -2.44. The molecule has 0 bridgehead atoms. The van der Waals surface area contributed by atoms with Gasteiger partial charge in [0.15, 0.2) is 0 Å². The summed E-state index contributed by atoms with van der Waals surface area (Å²) in [4.78, 5) is 4.19. The molecule has 5 nitrogen and oxygen atoms in total. The first-order valence-corrected chi connectivity index (χ1v) is 11.0. The summed E-state index contributed by atoms with van der Waals surface area (Å²) in [5, 5.41) is 0.649. The molecule has 0 atom stereocenters. The van der Waals surface area contributed by atoms with E-state index in [9.17, 15) is 8.42 Å². The van der Waals surface area contributed by atoms with Crippen LogP contribution < -0.4 is 4.74 Å². The summed E-state index contributed by atoms with van der Waals surface area (Å²) in [6.07, 6.45) is 3.86. The van der Waals surface area contributed by atoms with Crippen molar-refractivity contribution in [1.82, 2.24) is 9.29 Å². The Morgan fingerprint density at radius 1 is 1.28 bits per heavy atom. The molecule has 2 heterocycles. The molecule has 0 aliphatic carbocycles. The largest absolute Gasteiger partial charge is 0.481 e. The van der Waals surface area contributed by atoms with Crippen molar-refractivity contribution in [3.05, 3.63) is 64.8 Å². The number of sulfonamides is 1. The van der Waals surface area contributed by atoms with Crippen molar-refractivity contribution < 1.29 is 13.2 Å². The third-order valence-corrected chi connectivity index (χ3v) is 6.98. The van der Waals surface area contributed by atoms with Gasteiger partial charge in [-0.05, 0) is 36.8 Å². The molecule has 7 heteroatoms. The van der Waals surface area contributed by atoms with Crippen LogP contribution in [0.5, 0.6) is 5.88 Å². The molecule has 3 rings (SSSR count). The number of hydrogen-bond donors (Lipinski definition) is 0. The Hall–Kier alpha value is -2.33. The Balaban J connectivity index is 1.77. The first kappa shape index (κ1) is 21.4. The zero-order chi connectivity index (χ0) is 21.1. The molecule has 29 heavy (non-hydrogen) atoms. The van der Waals surface area contributed by atoms with Gasteiger partial charge in [-0.3, -0.25) is 0 Å². The van der Waals surface area contributed by atoms with Crippen molar-refractivity contribution in [3.8, 4) is 17.7 Å². The molecule has 1 aliphatic rings. The molecule has 1 aromatic carbocycles. The number of allylic oxidation sites excluding steroid dienone is 1. The lowest BCUT2D eigenvalue weighted by Gasteiger charge is -2.39. The molecule has 1 fully saturated rings.